The van der Waals surface area contributed by atoms with E-state index in [0.29, 0.717) is 34.9 Å². The molecule has 0 saturated carbocycles. The van der Waals surface area contributed by atoms with Crippen LogP contribution in [-0.4, -0.2) is 109 Å². The predicted molar refractivity (Wildman–Crippen MR) is 140 cm³/mol. The van der Waals surface area contributed by atoms with E-state index in [1.165, 1.54) is 17.5 Å². The third-order valence-electron chi connectivity index (χ3n) is 6.13. The van der Waals surface area contributed by atoms with Gasteiger partial charge in [-0.1, -0.05) is 17.4 Å². The van der Waals surface area contributed by atoms with E-state index in [-0.39, 0.29) is 12.0 Å². The monoisotopic (exact) mass is 511 g/mol. The van der Waals surface area contributed by atoms with Gasteiger partial charge in [-0.2, -0.15) is 15.2 Å². The van der Waals surface area contributed by atoms with Crippen molar-refractivity contribution in [2.24, 2.45) is 0 Å². The highest BCUT2D eigenvalue weighted by molar-refractivity contribution is 7.16. The summed E-state index contributed by atoms with van der Waals surface area (Å²) >= 11 is 1.27. The highest BCUT2D eigenvalue weighted by atomic mass is 32.1. The number of nitriles is 1. The van der Waals surface area contributed by atoms with Crippen molar-refractivity contribution in [3.63, 3.8) is 0 Å². The van der Waals surface area contributed by atoms with Crippen LogP contribution in [0.4, 0.5) is 16.8 Å². The lowest BCUT2D eigenvalue weighted by Crippen LogP contribution is -2.45. The molecule has 0 aliphatic carbocycles. The van der Waals surface area contributed by atoms with Crippen molar-refractivity contribution in [1.82, 2.24) is 29.7 Å². The summed E-state index contributed by atoms with van der Waals surface area (Å²) in [6.45, 7) is 5.65. The molecule has 192 valence electrons. The average molecular weight is 512 g/mol. The quantitative estimate of drug-likeness (QED) is 0.526. The number of hydrogen-bond acceptors (Lipinski definition) is 11. The van der Waals surface area contributed by atoms with Gasteiger partial charge in [-0.05, 0) is 21.1 Å². The van der Waals surface area contributed by atoms with Crippen LogP contribution in [0.3, 0.4) is 0 Å². The fourth-order valence-corrected chi connectivity index (χ4v) is 4.65. The Balaban J connectivity index is 1.43. The lowest BCUT2D eigenvalue weighted by Gasteiger charge is -2.34. The zero-order chi connectivity index (χ0) is 25.5. The van der Waals surface area contributed by atoms with Gasteiger partial charge < -0.3 is 29.7 Å². The molecule has 2 aromatic heterocycles. The summed E-state index contributed by atoms with van der Waals surface area (Å²) in [4.78, 5) is 34.9. The van der Waals surface area contributed by atoms with Crippen molar-refractivity contribution in [1.29, 1.82) is 5.26 Å². The zero-order valence-electron chi connectivity index (χ0n) is 21.1. The van der Waals surface area contributed by atoms with Crippen LogP contribution >= 0.6 is 11.3 Å². The SMILES string of the molecule is CN(C)CC=CC(=O)N1CCC(Oc2nc(Nc3ncc(C#N)s3)cc(N3CCN(C)CC3)n2)CC1. The van der Waals surface area contributed by atoms with E-state index in [1.807, 2.05) is 36.0 Å². The molecule has 0 unspecified atom stereocenters. The molecule has 0 radical (unpaired) electrons. The minimum atomic E-state index is -0.0690. The first-order chi connectivity index (χ1) is 17.4. The molecule has 1 amide bonds. The highest BCUT2D eigenvalue weighted by Gasteiger charge is 2.25. The Kier molecular flexibility index (Phi) is 8.69. The zero-order valence-corrected chi connectivity index (χ0v) is 21.9. The number of ether oxygens (including phenoxy) is 1. The molecule has 2 aromatic rings. The van der Waals surface area contributed by atoms with Crippen molar-refractivity contribution in [3.05, 3.63) is 29.3 Å². The molecule has 0 aromatic carbocycles. The summed E-state index contributed by atoms with van der Waals surface area (Å²) in [5, 5.41) is 12.9. The normalized spacial score (nSPS) is 17.5. The maximum absolute atomic E-state index is 12.4. The summed E-state index contributed by atoms with van der Waals surface area (Å²) < 4.78 is 6.22. The molecule has 2 aliphatic heterocycles. The standard InChI is InChI=1S/C24H33N9O2S/c1-30(2)8-4-5-22(34)33-9-6-18(7-10-33)35-23-27-20(28-24-26-17-19(16-25)36-24)15-21(29-23)32-13-11-31(3)12-14-32/h4-5,15,17-18H,6-14H2,1-3H3,(H,26,27,28,29). The summed E-state index contributed by atoms with van der Waals surface area (Å²) in [6.07, 6.45) is 6.45. The summed E-state index contributed by atoms with van der Waals surface area (Å²) in [6, 6.07) is 4.31. The van der Waals surface area contributed by atoms with E-state index >= 15 is 0 Å². The topological polar surface area (TPSA) is 114 Å². The first kappa shape index (κ1) is 25.8. The van der Waals surface area contributed by atoms with Crippen LogP contribution < -0.4 is 15.0 Å². The number of anilines is 3. The van der Waals surface area contributed by atoms with E-state index in [1.54, 1.807) is 6.08 Å². The van der Waals surface area contributed by atoms with E-state index in [4.69, 9.17) is 15.0 Å². The molecule has 2 fully saturated rings. The number of likely N-dealkylation sites (N-methyl/N-ethyl adjacent to an activating group) is 2. The van der Waals surface area contributed by atoms with Gasteiger partial charge in [0.05, 0.1) is 6.20 Å². The Labute approximate surface area is 216 Å². The minimum Gasteiger partial charge on any atom is -0.460 e. The third kappa shape index (κ3) is 7.13. The molecule has 4 heterocycles. The van der Waals surface area contributed by atoms with Gasteiger partial charge in [0.25, 0.3) is 0 Å². The van der Waals surface area contributed by atoms with Crippen molar-refractivity contribution < 1.29 is 9.53 Å². The summed E-state index contributed by atoms with van der Waals surface area (Å²) in [5.74, 6) is 1.41. The number of aromatic nitrogens is 3. The van der Waals surface area contributed by atoms with Crippen molar-refractivity contribution in [2.45, 2.75) is 18.9 Å². The fraction of sp³-hybridized carbons (Fsp3) is 0.542. The second-order valence-corrected chi connectivity index (χ2v) is 10.3. The van der Waals surface area contributed by atoms with Gasteiger partial charge >= 0.3 is 6.01 Å². The largest absolute Gasteiger partial charge is 0.460 e. The Morgan fingerprint density at radius 1 is 1.25 bits per heavy atom. The van der Waals surface area contributed by atoms with Gasteiger partial charge in [0.2, 0.25) is 5.91 Å². The van der Waals surface area contributed by atoms with Gasteiger partial charge in [0.15, 0.2) is 5.13 Å². The molecule has 0 bridgehead atoms. The summed E-state index contributed by atoms with van der Waals surface area (Å²) in [5.41, 5.74) is 0. The molecule has 0 atom stereocenters. The molecular formula is C24H33N9O2S. The van der Waals surface area contributed by atoms with Gasteiger partial charge in [0, 0.05) is 70.8 Å². The second-order valence-electron chi connectivity index (χ2n) is 9.26. The Morgan fingerprint density at radius 2 is 2.00 bits per heavy atom. The first-order valence-electron chi connectivity index (χ1n) is 12.1. The molecule has 12 heteroatoms. The molecule has 2 aliphatic rings. The molecule has 4 rings (SSSR count). The number of likely N-dealkylation sites (tertiary alicyclic amines) is 1. The minimum absolute atomic E-state index is 0.0373. The first-order valence-corrected chi connectivity index (χ1v) is 12.9. The van der Waals surface area contributed by atoms with Crippen LogP contribution in [0, 0.1) is 11.3 Å². The van der Waals surface area contributed by atoms with Gasteiger partial charge in [-0.15, -0.1) is 0 Å². The van der Waals surface area contributed by atoms with Crippen molar-refractivity contribution in [3.8, 4) is 12.1 Å². The summed E-state index contributed by atoms with van der Waals surface area (Å²) in [7, 11) is 6.06. The maximum Gasteiger partial charge on any atom is 0.320 e. The van der Waals surface area contributed by atoms with E-state index < -0.39 is 0 Å². The van der Waals surface area contributed by atoms with E-state index in [0.717, 1.165) is 51.4 Å². The second kappa shape index (κ2) is 12.1. The molecule has 36 heavy (non-hydrogen) atoms. The van der Waals surface area contributed by atoms with Crippen molar-refractivity contribution >= 4 is 34.0 Å². The van der Waals surface area contributed by atoms with Gasteiger partial charge in [0.1, 0.15) is 28.7 Å². The molecular weight excluding hydrogens is 478 g/mol. The number of piperidine rings is 1. The number of carbonyl (C=O) groups excluding carboxylic acids is 1. The van der Waals surface area contributed by atoms with E-state index in [9.17, 15) is 4.79 Å². The average Bonchev–Trinajstić information content (AvgIpc) is 3.32. The van der Waals surface area contributed by atoms with E-state index in [2.05, 4.69) is 38.2 Å². The molecule has 0 spiro atoms. The number of piperazine rings is 1. The number of rotatable bonds is 8. The third-order valence-corrected chi connectivity index (χ3v) is 6.94. The lowest BCUT2D eigenvalue weighted by atomic mass is 10.1. The number of hydrogen-bond donors (Lipinski definition) is 1. The fourth-order valence-electron chi connectivity index (χ4n) is 4.03. The Bertz CT molecular complexity index is 1100. The van der Waals surface area contributed by atoms with Crippen LogP contribution in [0.5, 0.6) is 6.01 Å². The number of carbonyl (C=O) groups is 1. The van der Waals surface area contributed by atoms with Crippen LogP contribution in [0.25, 0.3) is 0 Å². The van der Waals surface area contributed by atoms with Crippen LogP contribution in [0.2, 0.25) is 0 Å². The lowest BCUT2D eigenvalue weighted by molar-refractivity contribution is -0.127. The number of nitrogens with zero attached hydrogens (tertiary/aromatic N) is 8. The number of nitrogens with one attached hydrogen (secondary N) is 1. The van der Waals surface area contributed by atoms with Gasteiger partial charge in [-0.25, -0.2) is 4.98 Å². The number of amides is 1. The molecule has 2 saturated heterocycles. The van der Waals surface area contributed by atoms with Crippen LogP contribution in [-0.2, 0) is 4.79 Å². The predicted octanol–water partition coefficient (Wildman–Crippen LogP) is 1.79. The highest BCUT2D eigenvalue weighted by Crippen LogP contribution is 2.27. The van der Waals surface area contributed by atoms with Crippen LogP contribution in [0.1, 0.15) is 17.7 Å². The van der Waals surface area contributed by atoms with Gasteiger partial charge in [-0.3, -0.25) is 4.79 Å². The number of thiazole rings is 1. The maximum atomic E-state index is 12.4. The Hall–Kier alpha value is -3.27. The smallest absolute Gasteiger partial charge is 0.320 e. The van der Waals surface area contributed by atoms with Crippen molar-refractivity contribution in [2.75, 3.05) is 77.2 Å². The molecule has 1 N–H and O–H groups in total. The van der Waals surface area contributed by atoms with Crippen LogP contribution in [0.15, 0.2) is 24.4 Å². The molecule has 11 nitrogen and oxygen atoms in total. The Morgan fingerprint density at radius 3 is 2.67 bits per heavy atom.